The van der Waals surface area contributed by atoms with E-state index in [1.54, 1.807) is 46.4 Å². The monoisotopic (exact) mass is 635 g/mol. The van der Waals surface area contributed by atoms with E-state index in [-0.39, 0.29) is 24.3 Å². The molecule has 1 fully saturated rings. The van der Waals surface area contributed by atoms with E-state index >= 15 is 0 Å². The standard InChI is InChI=1S/C37H53N3O6/c1-11-24(3)30(39-35(44)46-37(8,9)10)33(42)40(27-19-20-27)31(28-21-23(2)17-18-25(28)4)32(41)38-29(34(43)45-36(5,6)7)22-26-15-13-12-14-16-26/h12-18,21,24,27,29-31H,11,19-20,22H2,1-10H3,(H,38,41)(H,39,44). The Labute approximate surface area is 274 Å². The highest BCUT2D eigenvalue weighted by molar-refractivity contribution is 5.94. The van der Waals surface area contributed by atoms with Crippen molar-refractivity contribution in [2.24, 2.45) is 5.92 Å². The van der Waals surface area contributed by atoms with E-state index < -0.39 is 47.3 Å². The number of ether oxygens (including phenoxy) is 2. The molecule has 9 heteroatoms. The van der Waals surface area contributed by atoms with E-state index in [9.17, 15) is 19.2 Å². The number of carbonyl (C=O) groups is 4. The predicted molar refractivity (Wildman–Crippen MR) is 179 cm³/mol. The van der Waals surface area contributed by atoms with E-state index in [1.165, 1.54) is 0 Å². The highest BCUT2D eigenvalue weighted by Crippen LogP contribution is 2.37. The van der Waals surface area contributed by atoms with Crippen LogP contribution in [0.15, 0.2) is 48.5 Å². The van der Waals surface area contributed by atoms with Gasteiger partial charge in [-0.15, -0.1) is 0 Å². The van der Waals surface area contributed by atoms with Gasteiger partial charge in [0.25, 0.3) is 0 Å². The summed E-state index contributed by atoms with van der Waals surface area (Å²) in [6.07, 6.45) is 1.58. The zero-order valence-corrected chi connectivity index (χ0v) is 29.2. The van der Waals surface area contributed by atoms with Crippen LogP contribution in [0.1, 0.15) is 103 Å². The Balaban J connectivity index is 2.08. The number of alkyl carbamates (subject to hydrolysis) is 1. The summed E-state index contributed by atoms with van der Waals surface area (Å²) >= 11 is 0. The van der Waals surface area contributed by atoms with Crippen molar-refractivity contribution >= 4 is 23.9 Å². The molecule has 252 valence electrons. The summed E-state index contributed by atoms with van der Waals surface area (Å²) in [6.45, 7) is 18.3. The number of esters is 1. The fourth-order valence-electron chi connectivity index (χ4n) is 5.29. The van der Waals surface area contributed by atoms with Crippen LogP contribution in [-0.2, 0) is 30.3 Å². The minimum absolute atomic E-state index is 0.204. The number of nitrogens with zero attached hydrogens (tertiary/aromatic N) is 1. The predicted octanol–water partition coefficient (Wildman–Crippen LogP) is 6.34. The van der Waals surface area contributed by atoms with Crippen LogP contribution in [0.3, 0.4) is 0 Å². The second-order valence-electron chi connectivity index (χ2n) is 14.5. The second-order valence-corrected chi connectivity index (χ2v) is 14.5. The molecule has 46 heavy (non-hydrogen) atoms. The second kappa shape index (κ2) is 15.1. The number of nitrogens with one attached hydrogen (secondary N) is 2. The lowest BCUT2D eigenvalue weighted by molar-refractivity contribution is -0.159. The van der Waals surface area contributed by atoms with Gasteiger partial charge in [0.15, 0.2) is 0 Å². The van der Waals surface area contributed by atoms with Gasteiger partial charge >= 0.3 is 12.1 Å². The minimum atomic E-state index is -1.05. The van der Waals surface area contributed by atoms with Crippen molar-refractivity contribution in [3.63, 3.8) is 0 Å². The Hall–Kier alpha value is -3.88. The molecule has 2 aromatic rings. The van der Waals surface area contributed by atoms with Crippen molar-refractivity contribution in [3.8, 4) is 0 Å². The van der Waals surface area contributed by atoms with Crippen molar-refractivity contribution in [2.75, 3.05) is 0 Å². The molecule has 0 spiro atoms. The van der Waals surface area contributed by atoms with Gasteiger partial charge < -0.3 is 25.0 Å². The van der Waals surface area contributed by atoms with Crippen LogP contribution < -0.4 is 10.6 Å². The first kappa shape index (κ1) is 36.6. The molecule has 2 aromatic carbocycles. The van der Waals surface area contributed by atoms with Crippen LogP contribution in [-0.4, -0.2) is 58.1 Å². The Kier molecular flexibility index (Phi) is 12.0. The Morgan fingerprint density at radius 3 is 2.04 bits per heavy atom. The Bertz CT molecular complexity index is 1370. The number of aryl methyl sites for hydroxylation is 2. The molecule has 1 aliphatic rings. The first-order valence-corrected chi connectivity index (χ1v) is 16.4. The molecule has 0 radical (unpaired) electrons. The van der Waals surface area contributed by atoms with Crippen LogP contribution in [0, 0.1) is 19.8 Å². The Morgan fingerprint density at radius 1 is 0.891 bits per heavy atom. The van der Waals surface area contributed by atoms with Crippen LogP contribution in [0.2, 0.25) is 0 Å². The summed E-state index contributed by atoms with van der Waals surface area (Å²) in [4.78, 5) is 57.3. The van der Waals surface area contributed by atoms with Crippen molar-refractivity contribution in [3.05, 3.63) is 70.8 Å². The third-order valence-corrected chi connectivity index (χ3v) is 7.89. The quantitative estimate of drug-likeness (QED) is 0.263. The highest BCUT2D eigenvalue weighted by Gasteiger charge is 2.46. The fraction of sp³-hybridized carbons (Fsp3) is 0.568. The van der Waals surface area contributed by atoms with Gasteiger partial charge in [0.1, 0.15) is 29.3 Å². The number of carbonyl (C=O) groups excluding carboxylic acids is 4. The molecule has 4 unspecified atom stereocenters. The molecule has 1 saturated carbocycles. The average molecular weight is 636 g/mol. The summed E-state index contributed by atoms with van der Waals surface area (Å²) < 4.78 is 11.3. The molecular weight excluding hydrogens is 582 g/mol. The SMILES string of the molecule is CCC(C)C(NC(=O)OC(C)(C)C)C(=O)N(C1CC1)C(C(=O)NC(Cc1ccccc1)C(=O)OC(C)(C)C)c1cc(C)ccc1C. The zero-order chi connectivity index (χ0) is 34.4. The number of hydrogen-bond donors (Lipinski definition) is 2. The lowest BCUT2D eigenvalue weighted by Crippen LogP contribution is -2.57. The van der Waals surface area contributed by atoms with Crippen molar-refractivity contribution in [2.45, 2.75) is 130 Å². The van der Waals surface area contributed by atoms with Gasteiger partial charge in [0, 0.05) is 12.5 Å². The van der Waals surface area contributed by atoms with Gasteiger partial charge in [-0.3, -0.25) is 9.59 Å². The first-order valence-electron chi connectivity index (χ1n) is 16.4. The van der Waals surface area contributed by atoms with Gasteiger partial charge in [0.05, 0.1) is 0 Å². The Morgan fingerprint density at radius 2 is 1.50 bits per heavy atom. The maximum Gasteiger partial charge on any atom is 0.408 e. The molecule has 0 heterocycles. The maximum absolute atomic E-state index is 14.6. The van der Waals surface area contributed by atoms with Crippen molar-refractivity contribution in [1.82, 2.24) is 15.5 Å². The van der Waals surface area contributed by atoms with E-state index in [0.717, 1.165) is 29.5 Å². The van der Waals surface area contributed by atoms with Crippen LogP contribution in [0.5, 0.6) is 0 Å². The molecule has 0 saturated heterocycles. The van der Waals surface area contributed by atoms with Gasteiger partial charge in [-0.25, -0.2) is 9.59 Å². The summed E-state index contributed by atoms with van der Waals surface area (Å²) in [5.41, 5.74) is 1.77. The third kappa shape index (κ3) is 10.6. The smallest absolute Gasteiger partial charge is 0.408 e. The summed E-state index contributed by atoms with van der Waals surface area (Å²) in [5, 5.41) is 5.80. The molecule has 0 aliphatic heterocycles. The molecule has 9 nitrogen and oxygen atoms in total. The van der Waals surface area contributed by atoms with Gasteiger partial charge in [0.2, 0.25) is 11.8 Å². The average Bonchev–Trinajstić information content (AvgIpc) is 3.79. The van der Waals surface area contributed by atoms with Crippen LogP contribution in [0.4, 0.5) is 4.79 Å². The van der Waals surface area contributed by atoms with E-state index in [4.69, 9.17) is 9.47 Å². The van der Waals surface area contributed by atoms with Crippen molar-refractivity contribution in [1.29, 1.82) is 0 Å². The molecule has 2 N–H and O–H groups in total. The molecule has 1 aliphatic carbocycles. The lowest BCUT2D eigenvalue weighted by Gasteiger charge is -2.37. The maximum atomic E-state index is 14.6. The minimum Gasteiger partial charge on any atom is -0.458 e. The van der Waals surface area contributed by atoms with Gasteiger partial charge in [-0.2, -0.15) is 0 Å². The molecule has 4 atom stereocenters. The largest absolute Gasteiger partial charge is 0.458 e. The number of rotatable bonds is 12. The first-order chi connectivity index (χ1) is 21.4. The lowest BCUT2D eigenvalue weighted by atomic mass is 9.93. The van der Waals surface area contributed by atoms with Crippen LogP contribution >= 0.6 is 0 Å². The molecule has 3 rings (SSSR count). The number of benzene rings is 2. The molecule has 3 amide bonds. The summed E-state index contributed by atoms with van der Waals surface area (Å²) in [5.74, 6) is -1.64. The molecule has 0 aromatic heterocycles. The fourth-order valence-corrected chi connectivity index (χ4v) is 5.29. The number of hydrogen-bond acceptors (Lipinski definition) is 6. The number of amides is 3. The third-order valence-electron chi connectivity index (χ3n) is 7.89. The molecule has 0 bridgehead atoms. The van der Waals surface area contributed by atoms with E-state index in [0.29, 0.717) is 12.0 Å². The van der Waals surface area contributed by atoms with Crippen molar-refractivity contribution < 1.29 is 28.7 Å². The normalized spacial score (nSPS) is 16.0. The van der Waals surface area contributed by atoms with E-state index in [1.807, 2.05) is 76.2 Å². The van der Waals surface area contributed by atoms with Crippen LogP contribution in [0.25, 0.3) is 0 Å². The topological polar surface area (TPSA) is 114 Å². The zero-order valence-electron chi connectivity index (χ0n) is 29.2. The van der Waals surface area contributed by atoms with Gasteiger partial charge in [-0.1, -0.05) is 74.4 Å². The highest BCUT2D eigenvalue weighted by atomic mass is 16.6. The summed E-state index contributed by atoms with van der Waals surface area (Å²) in [7, 11) is 0. The molecular formula is C37H53N3O6. The van der Waals surface area contributed by atoms with E-state index in [2.05, 4.69) is 10.6 Å². The summed E-state index contributed by atoms with van der Waals surface area (Å²) in [6, 6.07) is 12.1. The van der Waals surface area contributed by atoms with Gasteiger partial charge in [-0.05, 0) is 90.8 Å².